The van der Waals surface area contributed by atoms with Gasteiger partial charge in [-0.15, -0.1) is 0 Å². The summed E-state index contributed by atoms with van der Waals surface area (Å²) in [5.41, 5.74) is 7.62. The summed E-state index contributed by atoms with van der Waals surface area (Å²) in [5, 5.41) is 0. The number of aromatic nitrogens is 2. The topological polar surface area (TPSA) is 63.9 Å². The van der Waals surface area contributed by atoms with Crippen LogP contribution < -0.4 is 10.5 Å². The van der Waals surface area contributed by atoms with Crippen LogP contribution in [0, 0.1) is 5.92 Å². The molecule has 1 heterocycles. The van der Waals surface area contributed by atoms with Crippen LogP contribution in [0.5, 0.6) is 5.75 Å². The smallest absolute Gasteiger partial charge is 0.121 e. The van der Waals surface area contributed by atoms with Gasteiger partial charge in [0.15, 0.2) is 0 Å². The molecule has 0 aliphatic carbocycles. The Bertz CT molecular complexity index is 492. The third-order valence-electron chi connectivity index (χ3n) is 3.01. The van der Waals surface area contributed by atoms with Crippen LogP contribution in [-0.2, 0) is 6.42 Å². The van der Waals surface area contributed by atoms with E-state index < -0.39 is 0 Å². The van der Waals surface area contributed by atoms with Gasteiger partial charge in [0.25, 0.3) is 0 Å². The lowest BCUT2D eigenvalue weighted by atomic mass is 10.1. The second-order valence-electron chi connectivity index (χ2n) is 4.45. The standard InChI is InChI=1S/C13H19N3O/c1-9(8-14)3-6-13-15-11-5-4-10(17-2)7-12(11)16-13/h4-5,7,9H,3,6,8,14H2,1-2H3,(H,15,16). The number of benzene rings is 1. The number of nitrogens with one attached hydrogen (secondary N) is 1. The number of rotatable bonds is 5. The van der Waals surface area contributed by atoms with Gasteiger partial charge in [0.05, 0.1) is 18.1 Å². The van der Waals surface area contributed by atoms with Crippen molar-refractivity contribution in [3.63, 3.8) is 0 Å². The van der Waals surface area contributed by atoms with Gasteiger partial charge in [-0.1, -0.05) is 6.92 Å². The van der Waals surface area contributed by atoms with Crippen molar-refractivity contribution in [2.24, 2.45) is 11.7 Å². The molecule has 0 aliphatic rings. The maximum atomic E-state index is 5.60. The van der Waals surface area contributed by atoms with Gasteiger partial charge in [0.1, 0.15) is 11.6 Å². The van der Waals surface area contributed by atoms with Crippen molar-refractivity contribution in [2.75, 3.05) is 13.7 Å². The molecule has 1 aromatic heterocycles. The van der Waals surface area contributed by atoms with E-state index in [0.29, 0.717) is 5.92 Å². The zero-order valence-corrected chi connectivity index (χ0v) is 10.4. The summed E-state index contributed by atoms with van der Waals surface area (Å²) in [6.07, 6.45) is 2.00. The molecule has 4 heteroatoms. The molecule has 2 aromatic rings. The van der Waals surface area contributed by atoms with E-state index in [2.05, 4.69) is 16.9 Å². The van der Waals surface area contributed by atoms with Crippen molar-refractivity contribution in [3.8, 4) is 5.75 Å². The van der Waals surface area contributed by atoms with Gasteiger partial charge >= 0.3 is 0 Å². The number of nitrogens with zero attached hydrogens (tertiary/aromatic N) is 1. The van der Waals surface area contributed by atoms with Crippen molar-refractivity contribution in [1.29, 1.82) is 0 Å². The predicted octanol–water partition coefficient (Wildman–Crippen LogP) is 2.10. The second kappa shape index (κ2) is 5.19. The summed E-state index contributed by atoms with van der Waals surface area (Å²) >= 11 is 0. The first kappa shape index (κ1) is 11.9. The number of hydrogen-bond acceptors (Lipinski definition) is 3. The number of aryl methyl sites for hydroxylation is 1. The van der Waals surface area contributed by atoms with Crippen LogP contribution in [0.15, 0.2) is 18.2 Å². The van der Waals surface area contributed by atoms with Crippen LogP contribution >= 0.6 is 0 Å². The molecule has 0 aliphatic heterocycles. The lowest BCUT2D eigenvalue weighted by Crippen LogP contribution is -2.11. The molecule has 0 radical (unpaired) electrons. The highest BCUT2D eigenvalue weighted by Crippen LogP contribution is 2.19. The van der Waals surface area contributed by atoms with E-state index in [1.165, 1.54) is 0 Å². The number of hydrogen-bond donors (Lipinski definition) is 2. The minimum absolute atomic E-state index is 0.540. The Kier molecular flexibility index (Phi) is 3.64. The Balaban J connectivity index is 2.14. The van der Waals surface area contributed by atoms with Crippen LogP contribution in [0.4, 0.5) is 0 Å². The fourth-order valence-electron chi connectivity index (χ4n) is 1.79. The van der Waals surface area contributed by atoms with Crippen LogP contribution in [0.2, 0.25) is 0 Å². The molecule has 4 nitrogen and oxygen atoms in total. The number of fused-ring (bicyclic) bond motifs is 1. The molecule has 0 saturated carbocycles. The van der Waals surface area contributed by atoms with Crippen LogP contribution in [0.25, 0.3) is 11.0 Å². The first-order chi connectivity index (χ1) is 8.22. The fraction of sp³-hybridized carbons (Fsp3) is 0.462. The predicted molar refractivity (Wildman–Crippen MR) is 69.2 cm³/mol. The molecular weight excluding hydrogens is 214 g/mol. The molecule has 0 amide bonds. The summed E-state index contributed by atoms with van der Waals surface area (Å²) in [7, 11) is 1.67. The number of imidazole rings is 1. The molecule has 2 rings (SSSR count). The highest BCUT2D eigenvalue weighted by Gasteiger charge is 2.06. The highest BCUT2D eigenvalue weighted by molar-refractivity contribution is 5.76. The molecule has 1 aromatic carbocycles. The Morgan fingerprint density at radius 2 is 2.29 bits per heavy atom. The van der Waals surface area contributed by atoms with Gasteiger partial charge in [0, 0.05) is 12.5 Å². The monoisotopic (exact) mass is 233 g/mol. The number of methoxy groups -OCH3 is 1. The largest absolute Gasteiger partial charge is 0.497 e. The minimum Gasteiger partial charge on any atom is -0.497 e. The number of H-pyrrole nitrogens is 1. The molecule has 0 fully saturated rings. The third-order valence-corrected chi connectivity index (χ3v) is 3.01. The summed E-state index contributed by atoms with van der Waals surface area (Å²) in [4.78, 5) is 7.86. The average molecular weight is 233 g/mol. The van der Waals surface area contributed by atoms with Crippen LogP contribution in [-0.4, -0.2) is 23.6 Å². The zero-order valence-electron chi connectivity index (χ0n) is 10.4. The van der Waals surface area contributed by atoms with Crippen molar-refractivity contribution in [2.45, 2.75) is 19.8 Å². The summed E-state index contributed by atoms with van der Waals surface area (Å²) in [6, 6.07) is 5.87. The van der Waals surface area contributed by atoms with E-state index in [1.807, 2.05) is 18.2 Å². The van der Waals surface area contributed by atoms with Crippen molar-refractivity contribution in [1.82, 2.24) is 9.97 Å². The molecule has 0 saturated heterocycles. The van der Waals surface area contributed by atoms with E-state index in [0.717, 1.165) is 42.0 Å². The van der Waals surface area contributed by atoms with Crippen LogP contribution in [0.1, 0.15) is 19.2 Å². The SMILES string of the molecule is COc1ccc2nc(CCC(C)CN)[nH]c2c1. The fourth-order valence-corrected chi connectivity index (χ4v) is 1.79. The zero-order chi connectivity index (χ0) is 12.3. The van der Waals surface area contributed by atoms with Crippen molar-refractivity contribution >= 4 is 11.0 Å². The quantitative estimate of drug-likeness (QED) is 0.831. The van der Waals surface area contributed by atoms with E-state index in [-0.39, 0.29) is 0 Å². The second-order valence-corrected chi connectivity index (χ2v) is 4.45. The Morgan fingerprint density at radius 1 is 1.47 bits per heavy atom. The van der Waals surface area contributed by atoms with E-state index in [4.69, 9.17) is 10.5 Å². The average Bonchev–Trinajstić information content (AvgIpc) is 2.77. The van der Waals surface area contributed by atoms with Gasteiger partial charge in [-0.05, 0) is 31.0 Å². The van der Waals surface area contributed by atoms with Gasteiger partial charge < -0.3 is 15.5 Å². The van der Waals surface area contributed by atoms with E-state index >= 15 is 0 Å². The van der Waals surface area contributed by atoms with E-state index in [1.54, 1.807) is 7.11 Å². The molecule has 3 N–H and O–H groups in total. The lowest BCUT2D eigenvalue weighted by molar-refractivity contribution is 0.415. The molecule has 92 valence electrons. The normalized spacial score (nSPS) is 12.9. The van der Waals surface area contributed by atoms with Gasteiger partial charge in [-0.2, -0.15) is 0 Å². The highest BCUT2D eigenvalue weighted by atomic mass is 16.5. The number of ether oxygens (including phenoxy) is 1. The Labute approximate surface area is 101 Å². The number of aromatic amines is 1. The molecule has 17 heavy (non-hydrogen) atoms. The maximum Gasteiger partial charge on any atom is 0.121 e. The Morgan fingerprint density at radius 3 is 3.00 bits per heavy atom. The molecular formula is C13H19N3O. The van der Waals surface area contributed by atoms with E-state index in [9.17, 15) is 0 Å². The third kappa shape index (κ3) is 2.77. The van der Waals surface area contributed by atoms with Gasteiger partial charge in [-0.25, -0.2) is 4.98 Å². The van der Waals surface area contributed by atoms with Crippen LogP contribution in [0.3, 0.4) is 0 Å². The van der Waals surface area contributed by atoms with Gasteiger partial charge in [-0.3, -0.25) is 0 Å². The first-order valence-electron chi connectivity index (χ1n) is 5.95. The van der Waals surface area contributed by atoms with Crippen molar-refractivity contribution < 1.29 is 4.74 Å². The molecule has 1 unspecified atom stereocenters. The summed E-state index contributed by atoms with van der Waals surface area (Å²) in [5.74, 6) is 2.41. The van der Waals surface area contributed by atoms with Crippen molar-refractivity contribution in [3.05, 3.63) is 24.0 Å². The lowest BCUT2D eigenvalue weighted by Gasteiger charge is -2.05. The first-order valence-corrected chi connectivity index (χ1v) is 5.95. The Hall–Kier alpha value is -1.55. The molecule has 1 atom stereocenters. The summed E-state index contributed by atoms with van der Waals surface area (Å²) in [6.45, 7) is 2.89. The van der Waals surface area contributed by atoms with Gasteiger partial charge in [0.2, 0.25) is 0 Å². The summed E-state index contributed by atoms with van der Waals surface area (Å²) < 4.78 is 5.18. The minimum atomic E-state index is 0.540. The maximum absolute atomic E-state index is 5.60. The molecule has 0 bridgehead atoms. The number of nitrogens with two attached hydrogens (primary N) is 1. The molecule has 0 spiro atoms.